The lowest BCUT2D eigenvalue weighted by Crippen LogP contribution is -2.00. The van der Waals surface area contributed by atoms with Crippen molar-refractivity contribution in [1.82, 2.24) is 9.97 Å². The summed E-state index contributed by atoms with van der Waals surface area (Å²) in [7, 11) is 1.48. The molecule has 144 valence electrons. The van der Waals surface area contributed by atoms with Gasteiger partial charge in [-0.3, -0.25) is 0 Å². The largest absolute Gasteiger partial charge is 0.493 e. The van der Waals surface area contributed by atoms with Crippen LogP contribution < -0.4 is 4.74 Å². The summed E-state index contributed by atoms with van der Waals surface area (Å²) in [6.07, 6.45) is 6.60. The van der Waals surface area contributed by atoms with Crippen molar-refractivity contribution in [3.63, 3.8) is 0 Å². The van der Waals surface area contributed by atoms with Crippen molar-refractivity contribution < 1.29 is 23.4 Å². The van der Waals surface area contributed by atoms with Crippen LogP contribution in [0.15, 0.2) is 42.7 Å². The van der Waals surface area contributed by atoms with E-state index in [0.717, 1.165) is 6.33 Å². The number of hydrogen-bond donors (Lipinski definition) is 1. The van der Waals surface area contributed by atoms with Crippen molar-refractivity contribution >= 4 is 21.7 Å². The van der Waals surface area contributed by atoms with Gasteiger partial charge in [0.1, 0.15) is 23.4 Å². The van der Waals surface area contributed by atoms with Gasteiger partial charge in [-0.2, -0.15) is 0 Å². The standard InChI is InChI=1S/C22H14F2N2O3/c1-3-14-18(23)7-4-12-8-13(29-11-28-2)9-17(19(12)14)15-5-6-16-21(20(15)24)25-10-26-22(16)27/h1,4-10H,11H2,2H3,(H,25,26,27). The number of aromatic nitrogens is 2. The number of fused-ring (bicyclic) bond motifs is 2. The number of terminal acetylenes is 1. The number of halogens is 2. The minimum atomic E-state index is -0.697. The second-order valence-corrected chi connectivity index (χ2v) is 6.21. The van der Waals surface area contributed by atoms with Gasteiger partial charge in [0.05, 0.1) is 10.9 Å². The molecular weight excluding hydrogens is 378 g/mol. The molecule has 0 fully saturated rings. The fourth-order valence-corrected chi connectivity index (χ4v) is 3.27. The first kappa shape index (κ1) is 18.6. The van der Waals surface area contributed by atoms with Gasteiger partial charge in [0.15, 0.2) is 12.6 Å². The molecule has 0 saturated heterocycles. The van der Waals surface area contributed by atoms with Gasteiger partial charge in [0, 0.05) is 18.1 Å². The normalized spacial score (nSPS) is 11.0. The van der Waals surface area contributed by atoms with E-state index in [1.165, 1.54) is 25.3 Å². The first-order chi connectivity index (χ1) is 14.0. The van der Waals surface area contributed by atoms with Gasteiger partial charge in [-0.1, -0.05) is 18.1 Å². The average Bonchev–Trinajstić information content (AvgIpc) is 2.73. The summed E-state index contributed by atoms with van der Waals surface area (Å²) in [5.74, 6) is 1.12. The fraction of sp³-hybridized carbons (Fsp3) is 0.0909. The van der Waals surface area contributed by atoms with E-state index in [0.29, 0.717) is 22.1 Å². The number of benzene rings is 3. The van der Waals surface area contributed by atoms with Gasteiger partial charge in [-0.25, -0.2) is 18.7 Å². The van der Waals surface area contributed by atoms with Gasteiger partial charge in [0.25, 0.3) is 0 Å². The molecule has 4 aromatic rings. The Morgan fingerprint density at radius 3 is 2.69 bits per heavy atom. The molecule has 0 saturated carbocycles. The van der Waals surface area contributed by atoms with E-state index < -0.39 is 11.6 Å². The molecule has 0 spiro atoms. The van der Waals surface area contributed by atoms with E-state index in [4.69, 9.17) is 15.9 Å². The molecule has 1 aromatic heterocycles. The highest BCUT2D eigenvalue weighted by Crippen LogP contribution is 2.39. The lowest BCUT2D eigenvalue weighted by Gasteiger charge is -2.15. The Bertz CT molecular complexity index is 1300. The zero-order chi connectivity index (χ0) is 20.5. The van der Waals surface area contributed by atoms with Crippen molar-refractivity contribution in [2.45, 2.75) is 0 Å². The van der Waals surface area contributed by atoms with E-state index in [2.05, 4.69) is 15.9 Å². The second kappa shape index (κ2) is 7.34. The van der Waals surface area contributed by atoms with Crippen molar-refractivity contribution in [1.29, 1.82) is 0 Å². The van der Waals surface area contributed by atoms with Crippen molar-refractivity contribution in [2.24, 2.45) is 0 Å². The van der Waals surface area contributed by atoms with Crippen LogP contribution in [0, 0.1) is 24.0 Å². The lowest BCUT2D eigenvalue weighted by atomic mass is 9.93. The number of methoxy groups -OCH3 is 1. The van der Waals surface area contributed by atoms with Crippen LogP contribution in [0.3, 0.4) is 0 Å². The molecule has 0 bridgehead atoms. The smallest absolute Gasteiger partial charge is 0.222 e. The van der Waals surface area contributed by atoms with E-state index in [9.17, 15) is 9.50 Å². The van der Waals surface area contributed by atoms with Crippen LogP contribution >= 0.6 is 0 Å². The molecule has 1 N–H and O–H groups in total. The number of hydrogen-bond acceptors (Lipinski definition) is 5. The first-order valence-electron chi connectivity index (χ1n) is 8.52. The molecule has 0 aliphatic rings. The molecule has 5 nitrogen and oxygen atoms in total. The van der Waals surface area contributed by atoms with E-state index in [1.807, 2.05) is 0 Å². The maximum atomic E-state index is 15.4. The third kappa shape index (κ3) is 3.10. The number of aromatic hydroxyl groups is 1. The molecule has 29 heavy (non-hydrogen) atoms. The van der Waals surface area contributed by atoms with Crippen LogP contribution in [0.1, 0.15) is 5.56 Å². The molecule has 0 aliphatic heterocycles. The topological polar surface area (TPSA) is 64.5 Å². The first-order valence-corrected chi connectivity index (χ1v) is 8.52. The predicted molar refractivity (Wildman–Crippen MR) is 104 cm³/mol. The maximum Gasteiger partial charge on any atom is 0.222 e. The molecule has 0 atom stereocenters. The van der Waals surface area contributed by atoms with E-state index in [1.54, 1.807) is 18.2 Å². The van der Waals surface area contributed by atoms with Gasteiger partial charge in [0.2, 0.25) is 5.88 Å². The molecule has 1 heterocycles. The van der Waals surface area contributed by atoms with E-state index in [-0.39, 0.29) is 34.7 Å². The molecule has 0 amide bonds. The summed E-state index contributed by atoms with van der Waals surface area (Å²) in [6.45, 7) is -0.0184. The van der Waals surface area contributed by atoms with Crippen LogP contribution in [0.2, 0.25) is 0 Å². The molecule has 3 aromatic carbocycles. The van der Waals surface area contributed by atoms with Gasteiger partial charge < -0.3 is 14.6 Å². The third-order valence-electron chi connectivity index (χ3n) is 4.54. The summed E-state index contributed by atoms with van der Waals surface area (Å²) >= 11 is 0. The minimum absolute atomic E-state index is 0.0147. The Hall–Kier alpha value is -3.76. The summed E-state index contributed by atoms with van der Waals surface area (Å²) in [5.41, 5.74) is 0.412. The highest BCUT2D eigenvalue weighted by atomic mass is 19.1. The molecule has 0 aliphatic carbocycles. The summed E-state index contributed by atoms with van der Waals surface area (Å²) in [5, 5.41) is 11.0. The molecule has 7 heteroatoms. The van der Waals surface area contributed by atoms with Crippen molar-refractivity contribution in [3.8, 4) is 35.1 Å². The van der Waals surface area contributed by atoms with Crippen molar-refractivity contribution in [3.05, 3.63) is 59.9 Å². The number of ether oxygens (including phenoxy) is 2. The highest BCUT2D eigenvalue weighted by molar-refractivity contribution is 6.03. The summed E-state index contributed by atoms with van der Waals surface area (Å²) in [6, 6.07) is 8.98. The highest BCUT2D eigenvalue weighted by Gasteiger charge is 2.19. The Kier molecular flexibility index (Phi) is 4.71. The second-order valence-electron chi connectivity index (χ2n) is 6.21. The quantitative estimate of drug-likeness (QED) is 0.412. The van der Waals surface area contributed by atoms with Gasteiger partial charge in [-0.05, 0) is 35.2 Å². The molecule has 4 rings (SSSR count). The zero-order valence-electron chi connectivity index (χ0n) is 15.2. The molecule has 0 radical (unpaired) electrons. The van der Waals surface area contributed by atoms with Crippen LogP contribution in [0.25, 0.3) is 32.8 Å². The van der Waals surface area contributed by atoms with Crippen LogP contribution in [-0.2, 0) is 4.74 Å². The monoisotopic (exact) mass is 392 g/mol. The van der Waals surface area contributed by atoms with Gasteiger partial charge in [-0.15, -0.1) is 6.42 Å². The Morgan fingerprint density at radius 2 is 1.93 bits per heavy atom. The van der Waals surface area contributed by atoms with Crippen LogP contribution in [0.4, 0.5) is 8.78 Å². The van der Waals surface area contributed by atoms with Crippen molar-refractivity contribution in [2.75, 3.05) is 13.9 Å². The number of nitrogens with zero attached hydrogens (tertiary/aromatic N) is 2. The maximum absolute atomic E-state index is 15.4. The summed E-state index contributed by atoms with van der Waals surface area (Å²) in [4.78, 5) is 7.58. The minimum Gasteiger partial charge on any atom is -0.493 e. The Balaban J connectivity index is 2.09. The fourth-order valence-electron chi connectivity index (χ4n) is 3.27. The summed E-state index contributed by atoms with van der Waals surface area (Å²) < 4.78 is 40.2. The zero-order valence-corrected chi connectivity index (χ0v) is 15.2. The van der Waals surface area contributed by atoms with Gasteiger partial charge >= 0.3 is 0 Å². The SMILES string of the molecule is C#Cc1c(F)ccc2cc(OCOC)cc(-c3ccc4c(O)ncnc4c3F)c12. The van der Waals surface area contributed by atoms with Crippen LogP contribution in [0.5, 0.6) is 11.6 Å². The molecule has 0 unspecified atom stereocenters. The molecular formula is C22H14F2N2O3. The Morgan fingerprint density at radius 1 is 1.10 bits per heavy atom. The predicted octanol–water partition coefficient (Wildman–Crippen LogP) is 4.40. The average molecular weight is 392 g/mol. The Labute approximate surface area is 164 Å². The number of rotatable bonds is 4. The third-order valence-corrected chi connectivity index (χ3v) is 4.54. The van der Waals surface area contributed by atoms with Crippen LogP contribution in [-0.4, -0.2) is 29.0 Å². The van der Waals surface area contributed by atoms with E-state index >= 15 is 4.39 Å². The lowest BCUT2D eigenvalue weighted by molar-refractivity contribution is 0.0512.